The van der Waals surface area contributed by atoms with Gasteiger partial charge < -0.3 is 33.3 Å². The summed E-state index contributed by atoms with van der Waals surface area (Å²) in [4.78, 5) is 10.5. The molecular weight excluding hydrogens is 816 g/mol. The molecule has 0 heterocycles. The van der Waals surface area contributed by atoms with Gasteiger partial charge in [-0.3, -0.25) is 4.57 Å². The van der Waals surface area contributed by atoms with Gasteiger partial charge in [0, 0.05) is 37.6 Å². The van der Waals surface area contributed by atoms with Gasteiger partial charge in [-0.05, 0) is 118 Å². The topological polar surface area (TPSA) is 86.7 Å². The van der Waals surface area contributed by atoms with Crippen LogP contribution in [0, 0.1) is 23.2 Å². The van der Waals surface area contributed by atoms with Crippen molar-refractivity contribution >= 4 is 29.8 Å². The van der Waals surface area contributed by atoms with Gasteiger partial charge in [0.1, 0.15) is 5.75 Å². The number of methoxy groups -OCH3 is 1. The minimum absolute atomic E-state index is 0.0321. The molecule has 17 heteroatoms. The lowest BCUT2D eigenvalue weighted by molar-refractivity contribution is -0.374. The maximum Gasteiger partial charge on any atom is 0.426 e. The number of ether oxygens (including phenoxy) is 4. The highest BCUT2D eigenvalue weighted by atomic mass is 33.1. The molecule has 0 aromatic heterocycles. The van der Waals surface area contributed by atoms with E-state index in [1.807, 2.05) is 21.6 Å². The van der Waals surface area contributed by atoms with Crippen molar-refractivity contribution in [1.29, 1.82) is 0 Å². The fourth-order valence-corrected chi connectivity index (χ4v) is 11.7. The van der Waals surface area contributed by atoms with E-state index in [9.17, 15) is 30.9 Å². The summed E-state index contributed by atoms with van der Waals surface area (Å²) < 4.78 is 117. The molecule has 0 saturated heterocycles. The van der Waals surface area contributed by atoms with E-state index in [-0.39, 0.29) is 37.5 Å². The minimum atomic E-state index is -5.57. The van der Waals surface area contributed by atoms with E-state index in [4.69, 9.17) is 23.6 Å². The molecule has 1 aromatic carbocycles. The van der Waals surface area contributed by atoms with Crippen molar-refractivity contribution in [3.63, 3.8) is 0 Å². The lowest BCUT2D eigenvalue weighted by Crippen LogP contribution is -2.57. The standard InChI is InChI=1S/C40H64F6NO7PS2/c1-37-18-17-33-32-14-12-31(51-21-9-25-57-56-24-8-6-5-7-10-29(27-50-4)28-54-55(48)49)26-30(32)11-13-34(33)35(37)15-16-36(37)52-22-19-47(3)20-23-53-38(2,39(41,42)43)40(44,45)46/h12,14,26,29,33-36,55H,5-11,13,15-25,27-28H2,1-4H3,(H,48,49). The van der Waals surface area contributed by atoms with Crippen LogP contribution in [-0.4, -0.2) is 106 Å². The van der Waals surface area contributed by atoms with Crippen LogP contribution in [0.5, 0.6) is 5.75 Å². The normalized spacial score (nSPS) is 24.9. The van der Waals surface area contributed by atoms with Crippen LogP contribution < -0.4 is 4.74 Å². The summed E-state index contributed by atoms with van der Waals surface area (Å²) >= 11 is 0. The maximum atomic E-state index is 13.1. The molecule has 0 radical (unpaired) electrons. The van der Waals surface area contributed by atoms with Gasteiger partial charge in [-0.25, -0.2) is 0 Å². The van der Waals surface area contributed by atoms with Crippen molar-refractivity contribution in [3.8, 4) is 5.75 Å². The van der Waals surface area contributed by atoms with Crippen molar-refractivity contribution in [2.24, 2.45) is 23.2 Å². The Morgan fingerprint density at radius 2 is 1.63 bits per heavy atom. The number of fused-ring (bicyclic) bond motifs is 5. The Labute approximate surface area is 343 Å². The van der Waals surface area contributed by atoms with Gasteiger partial charge >= 0.3 is 20.6 Å². The third-order valence-corrected chi connectivity index (χ3v) is 15.5. The molecule has 3 aliphatic rings. The van der Waals surface area contributed by atoms with Crippen LogP contribution in [0.4, 0.5) is 26.3 Å². The SMILES string of the molecule is COCC(CCCCCCSSCCCOc1ccc2c(c1)CCC1C2CCC2(C)C(OCCN(C)CCOC(C)(C(F)(F)F)C(F)(F)F)CCC12)CO[PH](=O)O. The van der Waals surface area contributed by atoms with Gasteiger partial charge in [-0.1, -0.05) is 53.8 Å². The van der Waals surface area contributed by atoms with Crippen LogP contribution in [-0.2, 0) is 29.7 Å². The molecule has 7 unspecified atom stereocenters. The number of halogens is 6. The number of rotatable bonds is 26. The van der Waals surface area contributed by atoms with Crippen LogP contribution in [0.1, 0.15) is 102 Å². The predicted octanol–water partition coefficient (Wildman–Crippen LogP) is 10.5. The molecule has 330 valence electrons. The van der Waals surface area contributed by atoms with E-state index in [2.05, 4.69) is 29.9 Å². The average molecular weight is 880 g/mol. The fourth-order valence-electron chi connectivity index (χ4n) is 9.08. The molecule has 1 N–H and O–H groups in total. The summed E-state index contributed by atoms with van der Waals surface area (Å²) in [6.07, 6.45) is 1.76. The zero-order chi connectivity index (χ0) is 41.7. The van der Waals surface area contributed by atoms with E-state index < -0.39 is 32.8 Å². The Morgan fingerprint density at radius 3 is 2.33 bits per heavy atom. The molecule has 1 aromatic rings. The molecule has 0 bridgehead atoms. The van der Waals surface area contributed by atoms with Crippen LogP contribution in [0.3, 0.4) is 0 Å². The first-order chi connectivity index (χ1) is 27.0. The van der Waals surface area contributed by atoms with Gasteiger partial charge in [-0.15, -0.1) is 0 Å². The molecular formula is C40H64F6NO7PS2. The molecule has 8 nitrogen and oxygen atoms in total. The second-order valence-corrected chi connectivity index (χ2v) is 19.9. The summed E-state index contributed by atoms with van der Waals surface area (Å²) in [5.41, 5.74) is -1.31. The first-order valence-electron chi connectivity index (χ1n) is 20.4. The summed E-state index contributed by atoms with van der Waals surface area (Å²) in [5, 5.41) is 0. The quantitative estimate of drug-likeness (QED) is 0.0420. The number of likely N-dealkylation sites (N-methyl/N-ethyl adjacent to an activating group) is 1. The number of aryl methyl sites for hydroxylation is 1. The molecule has 3 aliphatic carbocycles. The smallest absolute Gasteiger partial charge is 0.426 e. The monoisotopic (exact) mass is 879 g/mol. The highest BCUT2D eigenvalue weighted by molar-refractivity contribution is 8.76. The highest BCUT2D eigenvalue weighted by Gasteiger charge is 2.69. The highest BCUT2D eigenvalue weighted by Crippen LogP contribution is 2.61. The van der Waals surface area contributed by atoms with E-state index >= 15 is 0 Å². The van der Waals surface area contributed by atoms with Gasteiger partial charge in [0.05, 0.1) is 39.1 Å². The average Bonchev–Trinajstić information content (AvgIpc) is 3.48. The summed E-state index contributed by atoms with van der Waals surface area (Å²) in [5.74, 6) is 4.91. The Hall–Kier alpha value is -0.710. The van der Waals surface area contributed by atoms with E-state index in [1.54, 1.807) is 19.1 Å². The Balaban J connectivity index is 1.10. The number of hydrogen-bond donors (Lipinski definition) is 1. The van der Waals surface area contributed by atoms with Crippen LogP contribution in [0.2, 0.25) is 0 Å². The lowest BCUT2D eigenvalue weighted by Gasteiger charge is -2.50. The van der Waals surface area contributed by atoms with E-state index in [0.29, 0.717) is 44.1 Å². The van der Waals surface area contributed by atoms with Crippen LogP contribution >= 0.6 is 29.8 Å². The van der Waals surface area contributed by atoms with Gasteiger partial charge in [-0.2, -0.15) is 26.3 Å². The number of hydrogen-bond acceptors (Lipinski definition) is 9. The molecule has 57 heavy (non-hydrogen) atoms. The summed E-state index contributed by atoms with van der Waals surface area (Å²) in [6.45, 7) is 3.83. The predicted molar refractivity (Wildman–Crippen MR) is 215 cm³/mol. The molecule has 0 amide bonds. The second-order valence-electron chi connectivity index (χ2n) is 16.4. The third-order valence-electron chi connectivity index (χ3n) is 12.5. The Kier molecular flexibility index (Phi) is 19.7. The van der Waals surface area contributed by atoms with Crippen LogP contribution in [0.25, 0.3) is 0 Å². The Morgan fingerprint density at radius 1 is 0.930 bits per heavy atom. The summed E-state index contributed by atoms with van der Waals surface area (Å²) in [6, 6.07) is 6.66. The molecule has 0 aliphatic heterocycles. The maximum absolute atomic E-state index is 13.1. The molecule has 4 rings (SSSR count). The number of unbranched alkanes of at least 4 members (excludes halogenated alkanes) is 3. The van der Waals surface area contributed by atoms with Gasteiger partial charge in [0.25, 0.3) is 5.60 Å². The van der Waals surface area contributed by atoms with Gasteiger partial charge in [0.15, 0.2) is 0 Å². The first-order valence-corrected chi connectivity index (χ1v) is 24.2. The number of alkyl halides is 6. The first kappa shape index (κ1) is 49.0. The summed E-state index contributed by atoms with van der Waals surface area (Å²) in [7, 11) is 4.21. The molecule has 2 fully saturated rings. The van der Waals surface area contributed by atoms with Crippen molar-refractivity contribution in [1.82, 2.24) is 4.90 Å². The largest absolute Gasteiger partial charge is 0.494 e. The fraction of sp³-hybridized carbons (Fsp3) is 0.850. The number of benzene rings is 1. The van der Waals surface area contributed by atoms with Crippen LogP contribution in [0.15, 0.2) is 18.2 Å². The lowest BCUT2D eigenvalue weighted by atomic mass is 9.55. The molecule has 0 spiro atoms. The van der Waals surface area contributed by atoms with Crippen molar-refractivity contribution in [3.05, 3.63) is 29.3 Å². The van der Waals surface area contributed by atoms with Crippen molar-refractivity contribution < 1.29 is 59.3 Å². The Bertz CT molecular complexity index is 1370. The third kappa shape index (κ3) is 13.9. The van der Waals surface area contributed by atoms with E-state index in [1.165, 1.54) is 24.0 Å². The van der Waals surface area contributed by atoms with Crippen molar-refractivity contribution in [2.45, 2.75) is 121 Å². The minimum Gasteiger partial charge on any atom is -0.494 e. The zero-order valence-electron chi connectivity index (χ0n) is 33.9. The second kappa shape index (κ2) is 22.9. The van der Waals surface area contributed by atoms with Gasteiger partial charge in [0.2, 0.25) is 0 Å². The zero-order valence-corrected chi connectivity index (χ0v) is 36.5. The molecule has 7 atom stereocenters. The molecule has 2 saturated carbocycles. The van der Waals surface area contributed by atoms with E-state index in [0.717, 1.165) is 81.5 Å². The number of nitrogens with zero attached hydrogens (tertiary/aromatic N) is 1. The van der Waals surface area contributed by atoms with Crippen molar-refractivity contribution in [2.75, 3.05) is 71.8 Å².